The fraction of sp³-hybridized carbons (Fsp3) is 0.273. The van der Waals surface area contributed by atoms with Gasteiger partial charge in [-0.1, -0.05) is 0 Å². The molecule has 0 saturated carbocycles. The van der Waals surface area contributed by atoms with Gasteiger partial charge in [0.1, 0.15) is 6.04 Å². The zero-order chi connectivity index (χ0) is 14.9. The van der Waals surface area contributed by atoms with Crippen molar-refractivity contribution in [2.45, 2.75) is 12.5 Å². The van der Waals surface area contributed by atoms with Crippen molar-refractivity contribution < 1.29 is 24.0 Å². The molecular weight excluding hydrogens is 273 g/mol. The lowest BCUT2D eigenvalue weighted by Crippen LogP contribution is -2.41. The van der Waals surface area contributed by atoms with Gasteiger partial charge in [-0.2, -0.15) is 0 Å². The second-order valence-electron chi connectivity index (χ2n) is 4.17. The molecule has 9 heteroatoms. The van der Waals surface area contributed by atoms with Crippen LogP contribution >= 0.6 is 0 Å². The first-order valence-corrected chi connectivity index (χ1v) is 5.65. The highest BCUT2D eigenvalue weighted by molar-refractivity contribution is 6.00. The molecule has 0 bridgehead atoms. The SMILES string of the molecule is O=C(O)N[C@H]1CCN(c2ccc([N+](=O)[O-])cc2F)C1=O. The number of amides is 2. The van der Waals surface area contributed by atoms with Crippen LogP contribution in [0.1, 0.15) is 6.42 Å². The first-order valence-electron chi connectivity index (χ1n) is 5.65. The average Bonchev–Trinajstić information content (AvgIpc) is 2.70. The van der Waals surface area contributed by atoms with Crippen molar-refractivity contribution >= 4 is 23.4 Å². The summed E-state index contributed by atoms with van der Waals surface area (Å²) in [7, 11) is 0. The maximum absolute atomic E-state index is 13.8. The van der Waals surface area contributed by atoms with Gasteiger partial charge in [0.25, 0.3) is 5.69 Å². The summed E-state index contributed by atoms with van der Waals surface area (Å²) in [6.45, 7) is 0.137. The lowest BCUT2D eigenvalue weighted by Gasteiger charge is -2.17. The molecule has 0 aromatic heterocycles. The predicted octanol–water partition coefficient (Wildman–Crippen LogP) is 1.11. The Hall–Kier alpha value is -2.71. The molecule has 1 aromatic rings. The molecule has 1 atom stereocenters. The van der Waals surface area contributed by atoms with Crippen molar-refractivity contribution in [1.29, 1.82) is 0 Å². The molecule has 106 valence electrons. The summed E-state index contributed by atoms with van der Waals surface area (Å²) in [5.41, 5.74) is -0.520. The molecule has 1 fully saturated rings. The number of carboxylic acid groups (broad SMARTS) is 1. The van der Waals surface area contributed by atoms with E-state index in [9.17, 15) is 24.1 Å². The molecule has 1 aromatic carbocycles. The smallest absolute Gasteiger partial charge is 0.405 e. The van der Waals surface area contributed by atoms with Gasteiger partial charge in [-0.05, 0) is 12.5 Å². The van der Waals surface area contributed by atoms with Crippen LogP contribution in [0.25, 0.3) is 0 Å². The fourth-order valence-electron chi connectivity index (χ4n) is 2.03. The van der Waals surface area contributed by atoms with Gasteiger partial charge in [0.15, 0.2) is 5.82 Å². The summed E-state index contributed by atoms with van der Waals surface area (Å²) in [6, 6.07) is 2.01. The standard InChI is InChI=1S/C11H10FN3O5/c12-7-5-6(15(19)20)1-2-9(7)14-4-3-8(10(14)16)13-11(17)18/h1-2,5,8,13H,3-4H2,(H,17,18)/t8-/m0/s1. The molecule has 1 heterocycles. The van der Waals surface area contributed by atoms with Gasteiger partial charge in [0, 0.05) is 12.6 Å². The van der Waals surface area contributed by atoms with E-state index in [0.29, 0.717) is 0 Å². The Balaban J connectivity index is 2.23. The summed E-state index contributed by atoms with van der Waals surface area (Å²) < 4.78 is 13.8. The Morgan fingerprint density at radius 3 is 2.80 bits per heavy atom. The highest BCUT2D eigenvalue weighted by Crippen LogP contribution is 2.27. The first-order chi connectivity index (χ1) is 9.40. The molecule has 20 heavy (non-hydrogen) atoms. The molecule has 8 nitrogen and oxygen atoms in total. The minimum Gasteiger partial charge on any atom is -0.465 e. The normalized spacial score (nSPS) is 18.1. The Labute approximate surface area is 111 Å². The molecule has 1 aliphatic rings. The molecule has 0 unspecified atom stereocenters. The average molecular weight is 283 g/mol. The highest BCUT2D eigenvalue weighted by atomic mass is 19.1. The number of hydrogen-bond acceptors (Lipinski definition) is 4. The van der Waals surface area contributed by atoms with E-state index in [1.165, 1.54) is 0 Å². The number of nitrogens with zero attached hydrogens (tertiary/aromatic N) is 2. The van der Waals surface area contributed by atoms with Crippen molar-refractivity contribution in [2.24, 2.45) is 0 Å². The topological polar surface area (TPSA) is 113 Å². The van der Waals surface area contributed by atoms with Crippen molar-refractivity contribution in [3.05, 3.63) is 34.1 Å². The van der Waals surface area contributed by atoms with Gasteiger partial charge in [-0.25, -0.2) is 9.18 Å². The Morgan fingerprint density at radius 2 is 2.25 bits per heavy atom. The van der Waals surface area contributed by atoms with Crippen LogP contribution < -0.4 is 10.2 Å². The number of nitrogens with one attached hydrogen (secondary N) is 1. The van der Waals surface area contributed by atoms with Crippen LogP contribution in [0, 0.1) is 15.9 Å². The van der Waals surface area contributed by atoms with Crippen LogP contribution in [0.3, 0.4) is 0 Å². The molecule has 1 saturated heterocycles. The summed E-state index contributed by atoms with van der Waals surface area (Å²) in [5.74, 6) is -1.48. The van der Waals surface area contributed by atoms with E-state index in [1.807, 2.05) is 5.32 Å². The minimum atomic E-state index is -1.34. The molecule has 2 amide bonds. The predicted molar refractivity (Wildman–Crippen MR) is 65.0 cm³/mol. The van der Waals surface area contributed by atoms with Crippen molar-refractivity contribution in [3.8, 4) is 0 Å². The molecule has 1 aliphatic heterocycles. The Kier molecular flexibility index (Phi) is 3.51. The van der Waals surface area contributed by atoms with Crippen LogP contribution in [0.15, 0.2) is 18.2 Å². The van der Waals surface area contributed by atoms with E-state index in [0.717, 1.165) is 23.1 Å². The molecule has 0 aliphatic carbocycles. The quantitative estimate of drug-likeness (QED) is 0.637. The number of carbonyl (C=O) groups excluding carboxylic acids is 1. The van der Waals surface area contributed by atoms with Gasteiger partial charge in [-0.3, -0.25) is 14.9 Å². The lowest BCUT2D eigenvalue weighted by atomic mass is 10.2. The number of carbonyl (C=O) groups is 2. The van der Waals surface area contributed by atoms with Gasteiger partial charge < -0.3 is 15.3 Å². The third-order valence-corrected chi connectivity index (χ3v) is 2.94. The van der Waals surface area contributed by atoms with Crippen LogP contribution in [-0.4, -0.2) is 34.6 Å². The Morgan fingerprint density at radius 1 is 1.55 bits per heavy atom. The number of hydrogen-bond donors (Lipinski definition) is 2. The maximum Gasteiger partial charge on any atom is 0.405 e. The van der Waals surface area contributed by atoms with E-state index >= 15 is 0 Å². The highest BCUT2D eigenvalue weighted by Gasteiger charge is 2.35. The first kappa shape index (κ1) is 13.7. The van der Waals surface area contributed by atoms with Crippen LogP contribution in [0.4, 0.5) is 20.6 Å². The summed E-state index contributed by atoms with van der Waals surface area (Å²) >= 11 is 0. The molecule has 0 radical (unpaired) electrons. The van der Waals surface area contributed by atoms with E-state index in [-0.39, 0.29) is 18.7 Å². The number of anilines is 1. The number of halogens is 1. The summed E-state index contributed by atoms with van der Waals surface area (Å²) in [5, 5.41) is 21.1. The molecular formula is C11H10FN3O5. The van der Waals surface area contributed by atoms with E-state index < -0.39 is 34.5 Å². The van der Waals surface area contributed by atoms with Crippen molar-refractivity contribution in [3.63, 3.8) is 0 Å². The fourth-order valence-corrected chi connectivity index (χ4v) is 2.03. The molecule has 0 spiro atoms. The summed E-state index contributed by atoms with van der Waals surface area (Å²) in [4.78, 5) is 33.2. The van der Waals surface area contributed by atoms with E-state index in [4.69, 9.17) is 5.11 Å². The summed E-state index contributed by atoms with van der Waals surface area (Å²) in [6.07, 6.45) is -1.13. The molecule has 2 N–H and O–H groups in total. The molecule has 2 rings (SSSR count). The van der Waals surface area contributed by atoms with Gasteiger partial charge >= 0.3 is 6.09 Å². The minimum absolute atomic E-state index is 0.102. The number of benzene rings is 1. The van der Waals surface area contributed by atoms with Crippen molar-refractivity contribution in [1.82, 2.24) is 5.32 Å². The van der Waals surface area contributed by atoms with E-state index in [2.05, 4.69) is 0 Å². The van der Waals surface area contributed by atoms with E-state index in [1.54, 1.807) is 0 Å². The van der Waals surface area contributed by atoms with Crippen LogP contribution in [-0.2, 0) is 4.79 Å². The zero-order valence-corrected chi connectivity index (χ0v) is 10.1. The third-order valence-electron chi connectivity index (χ3n) is 2.94. The van der Waals surface area contributed by atoms with Gasteiger partial charge in [0.2, 0.25) is 5.91 Å². The van der Waals surface area contributed by atoms with Crippen molar-refractivity contribution in [2.75, 3.05) is 11.4 Å². The maximum atomic E-state index is 13.8. The van der Waals surface area contributed by atoms with Crippen LogP contribution in [0.2, 0.25) is 0 Å². The van der Waals surface area contributed by atoms with Crippen LogP contribution in [0.5, 0.6) is 0 Å². The second-order valence-corrected chi connectivity index (χ2v) is 4.17. The third kappa shape index (κ3) is 2.51. The number of nitro benzene ring substituents is 1. The number of non-ortho nitro benzene ring substituents is 1. The largest absolute Gasteiger partial charge is 0.465 e. The number of rotatable bonds is 3. The second kappa shape index (κ2) is 5.11. The monoisotopic (exact) mass is 283 g/mol. The zero-order valence-electron chi connectivity index (χ0n) is 10.1. The Bertz CT molecular complexity index is 591. The van der Waals surface area contributed by atoms with Gasteiger partial charge in [0.05, 0.1) is 16.7 Å². The van der Waals surface area contributed by atoms with Gasteiger partial charge in [-0.15, -0.1) is 0 Å². The number of nitro groups is 1. The lowest BCUT2D eigenvalue weighted by molar-refractivity contribution is -0.385.